The van der Waals surface area contributed by atoms with Gasteiger partial charge in [0, 0.05) is 24.4 Å². The second-order valence-electron chi connectivity index (χ2n) is 9.71. The zero-order valence-electron chi connectivity index (χ0n) is 20.8. The molecule has 0 aliphatic carbocycles. The molecule has 0 N–H and O–H groups in total. The maximum absolute atomic E-state index is 6.38. The molecule has 4 heteroatoms. The van der Waals surface area contributed by atoms with E-state index in [0.717, 1.165) is 51.6 Å². The zero-order chi connectivity index (χ0) is 25.2. The summed E-state index contributed by atoms with van der Waals surface area (Å²) in [5, 5.41) is 4.86. The van der Waals surface area contributed by atoms with Gasteiger partial charge in [-0.25, -0.2) is 4.98 Å². The summed E-state index contributed by atoms with van der Waals surface area (Å²) in [4.78, 5) is 9.36. The first kappa shape index (κ1) is 21.2. The molecule has 0 amide bonds. The molecule has 0 saturated heterocycles. The Kier molecular flexibility index (Phi) is 4.47. The third kappa shape index (κ3) is 2.91. The lowest BCUT2D eigenvalue weighted by molar-refractivity contribution is 0.474. The summed E-state index contributed by atoms with van der Waals surface area (Å²) in [7, 11) is 0. The molecule has 38 heavy (non-hydrogen) atoms. The summed E-state index contributed by atoms with van der Waals surface area (Å²) in [6.07, 6.45) is 4.62. The number of fused-ring (bicyclic) bond motifs is 4. The van der Waals surface area contributed by atoms with Gasteiger partial charge in [-0.05, 0) is 68.6 Å². The lowest BCUT2D eigenvalue weighted by Crippen LogP contribution is -2.07. The average molecular weight is 490 g/mol. The molecule has 1 aliphatic heterocycles. The number of rotatable bonds is 3. The molecule has 4 nitrogen and oxygen atoms in total. The van der Waals surface area contributed by atoms with E-state index in [0.29, 0.717) is 0 Å². The highest BCUT2D eigenvalue weighted by atomic mass is 16.5. The molecular formula is C34H23N3O. The Balaban J connectivity index is 1.46. The largest absolute Gasteiger partial charge is 0.453 e. The number of para-hydroxylation sites is 1. The second-order valence-corrected chi connectivity index (χ2v) is 9.71. The predicted octanol–water partition coefficient (Wildman–Crippen LogP) is 8.73. The number of benzene rings is 5. The molecule has 8 rings (SSSR count). The first-order valence-corrected chi connectivity index (χ1v) is 13.0. The van der Waals surface area contributed by atoms with Gasteiger partial charge in [0.05, 0.1) is 11.2 Å². The smallest absolute Gasteiger partial charge is 0.153 e. The van der Waals surface area contributed by atoms with Crippen LogP contribution in [0.3, 0.4) is 0 Å². The van der Waals surface area contributed by atoms with Gasteiger partial charge in [0.25, 0.3) is 0 Å². The molecule has 1 aliphatic rings. The Morgan fingerprint density at radius 1 is 0.684 bits per heavy atom. The normalized spacial score (nSPS) is 12.1. The van der Waals surface area contributed by atoms with E-state index in [2.05, 4.69) is 95.3 Å². The van der Waals surface area contributed by atoms with E-state index >= 15 is 0 Å². The van der Waals surface area contributed by atoms with Gasteiger partial charge >= 0.3 is 0 Å². The highest BCUT2D eigenvalue weighted by Gasteiger charge is 2.25. The number of aromatic nitrogens is 3. The van der Waals surface area contributed by atoms with Crippen LogP contribution in [0.5, 0.6) is 11.5 Å². The van der Waals surface area contributed by atoms with E-state index in [4.69, 9.17) is 9.72 Å². The van der Waals surface area contributed by atoms with Gasteiger partial charge in [0.1, 0.15) is 11.3 Å². The monoisotopic (exact) mass is 489 g/mol. The fourth-order valence-electron chi connectivity index (χ4n) is 6.04. The molecule has 3 heterocycles. The summed E-state index contributed by atoms with van der Waals surface area (Å²) in [6.45, 7) is 2.15. The van der Waals surface area contributed by atoms with Crippen LogP contribution >= 0.6 is 0 Å². The van der Waals surface area contributed by atoms with Gasteiger partial charge < -0.3 is 4.74 Å². The molecule has 0 bridgehead atoms. The quantitative estimate of drug-likeness (QED) is 0.233. The molecule has 2 aromatic heterocycles. The molecule has 0 saturated carbocycles. The lowest BCUT2D eigenvalue weighted by Gasteiger charge is -2.23. The Bertz CT molecular complexity index is 1980. The van der Waals surface area contributed by atoms with E-state index < -0.39 is 0 Å². The molecule has 5 aromatic carbocycles. The van der Waals surface area contributed by atoms with Crippen LogP contribution in [0.2, 0.25) is 0 Å². The Morgan fingerprint density at radius 3 is 2.05 bits per heavy atom. The number of nitrogens with zero attached hydrogens (tertiary/aromatic N) is 3. The highest BCUT2D eigenvalue weighted by molar-refractivity contribution is 6.21. The maximum Gasteiger partial charge on any atom is 0.153 e. The fraction of sp³-hybridized carbons (Fsp3) is 0.0588. The summed E-state index contributed by atoms with van der Waals surface area (Å²) in [5.74, 6) is 2.74. The van der Waals surface area contributed by atoms with Gasteiger partial charge in [0.15, 0.2) is 11.5 Å². The van der Waals surface area contributed by atoms with Crippen LogP contribution in [0, 0.1) is 0 Å². The number of hydrogen-bond acceptors (Lipinski definition) is 3. The van der Waals surface area contributed by atoms with E-state index in [1.165, 1.54) is 32.7 Å². The molecule has 0 radical (unpaired) electrons. The minimum absolute atomic E-state index is 0.837. The number of aryl methyl sites for hydroxylation is 1. The molecule has 180 valence electrons. The molecular weight excluding hydrogens is 466 g/mol. The highest BCUT2D eigenvalue weighted by Crippen LogP contribution is 2.47. The molecule has 0 spiro atoms. The number of imidazole rings is 1. The van der Waals surface area contributed by atoms with Crippen molar-refractivity contribution in [2.24, 2.45) is 0 Å². The number of pyridine rings is 1. The van der Waals surface area contributed by atoms with E-state index in [1.807, 2.05) is 30.6 Å². The summed E-state index contributed by atoms with van der Waals surface area (Å²) in [6, 6.07) is 34.2. The maximum atomic E-state index is 6.38. The minimum Gasteiger partial charge on any atom is -0.453 e. The fourth-order valence-corrected chi connectivity index (χ4v) is 6.04. The van der Waals surface area contributed by atoms with E-state index in [-0.39, 0.29) is 0 Å². The molecule has 0 unspecified atom stereocenters. The van der Waals surface area contributed by atoms with E-state index in [1.54, 1.807) is 0 Å². The number of hydrogen-bond donors (Lipinski definition) is 0. The van der Waals surface area contributed by atoms with Crippen LogP contribution < -0.4 is 4.74 Å². The third-order valence-corrected chi connectivity index (χ3v) is 7.62. The molecule has 0 fully saturated rings. The minimum atomic E-state index is 0.837. The van der Waals surface area contributed by atoms with Gasteiger partial charge in [-0.15, -0.1) is 0 Å². The van der Waals surface area contributed by atoms with Crippen molar-refractivity contribution in [1.82, 2.24) is 14.5 Å². The van der Waals surface area contributed by atoms with Crippen LogP contribution in [0.15, 0.2) is 109 Å². The summed E-state index contributed by atoms with van der Waals surface area (Å²) >= 11 is 0. The van der Waals surface area contributed by atoms with Crippen molar-refractivity contribution in [3.63, 3.8) is 0 Å². The average Bonchev–Trinajstić information content (AvgIpc) is 3.37. The van der Waals surface area contributed by atoms with Crippen molar-refractivity contribution in [2.45, 2.75) is 13.3 Å². The molecule has 7 aromatic rings. The predicted molar refractivity (Wildman–Crippen MR) is 154 cm³/mol. The SMILES string of the molecule is CCc1nc2cccc3c2n1-c1cc(-c2c4ccccc4c(-c4cccnc4)c4ccccc24)ccc1O3. The van der Waals surface area contributed by atoms with Gasteiger partial charge in [-0.1, -0.05) is 73.7 Å². The van der Waals surface area contributed by atoms with Gasteiger partial charge in [0.2, 0.25) is 0 Å². The molecule has 0 atom stereocenters. The second kappa shape index (κ2) is 8.02. The Labute approximate surface area is 219 Å². The van der Waals surface area contributed by atoms with Crippen molar-refractivity contribution >= 4 is 32.6 Å². The first-order chi connectivity index (χ1) is 18.8. The standard InChI is InChI=1S/C34H23N3O/c1-2-31-36-27-14-7-15-30-34(27)37(31)28-19-21(16-17-29(28)38-30)32-23-10-3-5-12-25(23)33(22-9-8-18-35-20-22)26-13-6-4-11-24(26)32/h3-20H,2H2,1H3. The van der Waals surface area contributed by atoms with Crippen molar-refractivity contribution in [3.05, 3.63) is 115 Å². The van der Waals surface area contributed by atoms with Crippen LogP contribution in [0.25, 0.3) is 60.5 Å². The topological polar surface area (TPSA) is 39.9 Å². The Hall–Kier alpha value is -4.96. The first-order valence-electron chi connectivity index (χ1n) is 13.0. The zero-order valence-corrected chi connectivity index (χ0v) is 20.8. The van der Waals surface area contributed by atoms with Crippen LogP contribution in [0.4, 0.5) is 0 Å². The van der Waals surface area contributed by atoms with Crippen molar-refractivity contribution in [2.75, 3.05) is 0 Å². The van der Waals surface area contributed by atoms with Crippen molar-refractivity contribution in [3.8, 4) is 39.4 Å². The van der Waals surface area contributed by atoms with Gasteiger partial charge in [-0.2, -0.15) is 0 Å². The van der Waals surface area contributed by atoms with Crippen LogP contribution in [-0.4, -0.2) is 14.5 Å². The summed E-state index contributed by atoms with van der Waals surface area (Å²) in [5.41, 5.74) is 7.75. The van der Waals surface area contributed by atoms with E-state index in [9.17, 15) is 0 Å². The Morgan fingerprint density at radius 2 is 1.39 bits per heavy atom. The number of ether oxygens (including phenoxy) is 1. The van der Waals surface area contributed by atoms with Crippen molar-refractivity contribution < 1.29 is 4.74 Å². The third-order valence-electron chi connectivity index (χ3n) is 7.62. The van der Waals surface area contributed by atoms with Crippen molar-refractivity contribution in [1.29, 1.82) is 0 Å². The van der Waals surface area contributed by atoms with Crippen LogP contribution in [-0.2, 0) is 6.42 Å². The summed E-state index contributed by atoms with van der Waals surface area (Å²) < 4.78 is 8.66. The lowest BCUT2D eigenvalue weighted by atomic mass is 9.86. The van der Waals surface area contributed by atoms with Crippen LogP contribution in [0.1, 0.15) is 12.7 Å². The van der Waals surface area contributed by atoms with Gasteiger partial charge in [-0.3, -0.25) is 9.55 Å².